The van der Waals surface area contributed by atoms with Crippen LogP contribution in [0, 0.1) is 6.92 Å². The third kappa shape index (κ3) is 3.55. The molecular weight excluding hydrogens is 356 g/mol. The molecule has 0 aliphatic carbocycles. The number of thioether (sulfide) groups is 1. The molecule has 0 amide bonds. The van der Waals surface area contributed by atoms with E-state index in [2.05, 4.69) is 33.4 Å². The molecule has 0 N–H and O–H groups in total. The first-order valence-electron chi connectivity index (χ1n) is 7.78. The summed E-state index contributed by atoms with van der Waals surface area (Å²) < 4.78 is 7.34. The van der Waals surface area contributed by atoms with Gasteiger partial charge in [-0.25, -0.2) is 4.98 Å². The fraction of sp³-hybridized carbons (Fsp3) is 0.167. The van der Waals surface area contributed by atoms with Crippen LogP contribution in [0.4, 0.5) is 0 Å². The molecule has 3 aromatic heterocycles. The third-order valence-corrected chi connectivity index (χ3v) is 5.20. The minimum atomic E-state index is 0.530. The predicted octanol–water partition coefficient (Wildman–Crippen LogP) is 4.72. The van der Waals surface area contributed by atoms with Crippen molar-refractivity contribution in [2.24, 2.45) is 0 Å². The van der Waals surface area contributed by atoms with Crippen molar-refractivity contribution in [1.82, 2.24) is 19.7 Å². The van der Waals surface area contributed by atoms with E-state index in [4.69, 9.17) is 16.0 Å². The number of hydrogen-bond donors (Lipinski definition) is 0. The molecule has 4 rings (SSSR count). The second-order valence-electron chi connectivity index (χ2n) is 5.74. The van der Waals surface area contributed by atoms with Crippen LogP contribution < -0.4 is 0 Å². The highest BCUT2D eigenvalue weighted by molar-refractivity contribution is 7.98. The van der Waals surface area contributed by atoms with Gasteiger partial charge in [0.15, 0.2) is 5.16 Å². The van der Waals surface area contributed by atoms with E-state index in [1.807, 2.05) is 29.7 Å². The number of hydrogen-bond acceptors (Lipinski definition) is 5. The van der Waals surface area contributed by atoms with Gasteiger partial charge in [0.2, 0.25) is 0 Å². The van der Waals surface area contributed by atoms with Crippen molar-refractivity contribution in [1.29, 1.82) is 0 Å². The molecule has 3 heterocycles. The number of aryl methyl sites for hydroxylation is 1. The van der Waals surface area contributed by atoms with E-state index in [9.17, 15) is 0 Å². The highest BCUT2D eigenvalue weighted by Gasteiger charge is 2.11. The first-order valence-corrected chi connectivity index (χ1v) is 9.14. The lowest BCUT2D eigenvalue weighted by Gasteiger charge is -2.07. The molecule has 0 aliphatic heterocycles. The topological polar surface area (TPSA) is 56.7 Å². The molecule has 0 bridgehead atoms. The lowest BCUT2D eigenvalue weighted by molar-refractivity contribution is 0.484. The Morgan fingerprint density at radius 3 is 3.00 bits per heavy atom. The molecule has 25 heavy (non-hydrogen) atoms. The van der Waals surface area contributed by atoms with Crippen molar-refractivity contribution in [3.05, 3.63) is 71.0 Å². The number of pyridine rings is 1. The fourth-order valence-corrected chi connectivity index (χ4v) is 3.75. The Hall–Kier alpha value is -2.31. The van der Waals surface area contributed by atoms with Gasteiger partial charge in [-0.15, -0.1) is 10.2 Å². The van der Waals surface area contributed by atoms with E-state index >= 15 is 0 Å². The summed E-state index contributed by atoms with van der Waals surface area (Å²) in [6, 6.07) is 12.1. The van der Waals surface area contributed by atoms with E-state index in [0.29, 0.717) is 17.5 Å². The summed E-state index contributed by atoms with van der Waals surface area (Å²) in [5, 5.41) is 10.6. The number of aromatic nitrogens is 4. The average Bonchev–Trinajstić information content (AvgIpc) is 3.25. The minimum absolute atomic E-state index is 0.530. The summed E-state index contributed by atoms with van der Waals surface area (Å²) in [4.78, 5) is 4.51. The van der Waals surface area contributed by atoms with Gasteiger partial charge in [-0.2, -0.15) is 0 Å². The second kappa shape index (κ2) is 6.90. The van der Waals surface area contributed by atoms with Crippen molar-refractivity contribution >= 4 is 34.3 Å². The van der Waals surface area contributed by atoms with Crippen molar-refractivity contribution in [2.45, 2.75) is 24.4 Å². The number of rotatable bonds is 5. The van der Waals surface area contributed by atoms with Crippen LogP contribution in [-0.2, 0) is 12.3 Å². The van der Waals surface area contributed by atoms with Gasteiger partial charge in [0.05, 0.1) is 18.3 Å². The summed E-state index contributed by atoms with van der Waals surface area (Å²) in [5.41, 5.74) is 3.07. The maximum atomic E-state index is 6.37. The number of nitrogens with zero attached hydrogens (tertiary/aromatic N) is 4. The Labute approximate surface area is 154 Å². The molecule has 0 fully saturated rings. The molecule has 0 aliphatic rings. The van der Waals surface area contributed by atoms with E-state index in [-0.39, 0.29) is 0 Å². The van der Waals surface area contributed by atoms with Crippen LogP contribution >= 0.6 is 23.4 Å². The van der Waals surface area contributed by atoms with Gasteiger partial charge >= 0.3 is 0 Å². The Morgan fingerprint density at radius 1 is 1.24 bits per heavy atom. The second-order valence-corrected chi connectivity index (χ2v) is 7.04. The summed E-state index contributed by atoms with van der Waals surface area (Å²) in [7, 11) is 0. The van der Waals surface area contributed by atoms with Crippen LogP contribution in [0.2, 0.25) is 5.15 Å². The number of benzene rings is 1. The zero-order valence-corrected chi connectivity index (χ0v) is 15.1. The van der Waals surface area contributed by atoms with E-state index in [1.54, 1.807) is 24.4 Å². The molecule has 0 spiro atoms. The van der Waals surface area contributed by atoms with E-state index in [1.165, 1.54) is 5.56 Å². The first kappa shape index (κ1) is 16.2. The van der Waals surface area contributed by atoms with Crippen LogP contribution in [0.25, 0.3) is 10.9 Å². The van der Waals surface area contributed by atoms with Gasteiger partial charge in [0, 0.05) is 16.7 Å². The summed E-state index contributed by atoms with van der Waals surface area (Å²) in [5.74, 6) is 1.54. The molecule has 126 valence electrons. The average molecular weight is 371 g/mol. The van der Waals surface area contributed by atoms with Gasteiger partial charge in [-0.1, -0.05) is 35.5 Å². The molecule has 7 heteroatoms. The van der Waals surface area contributed by atoms with Crippen LogP contribution in [0.15, 0.2) is 58.6 Å². The van der Waals surface area contributed by atoms with Crippen molar-refractivity contribution in [2.75, 3.05) is 0 Å². The summed E-state index contributed by atoms with van der Waals surface area (Å²) in [6.07, 6.45) is 3.36. The maximum Gasteiger partial charge on any atom is 0.191 e. The first-order chi connectivity index (χ1) is 12.2. The van der Waals surface area contributed by atoms with Crippen LogP contribution in [0.3, 0.4) is 0 Å². The predicted molar refractivity (Wildman–Crippen MR) is 98.9 cm³/mol. The monoisotopic (exact) mass is 370 g/mol. The molecule has 0 radical (unpaired) electrons. The van der Waals surface area contributed by atoms with Crippen LogP contribution in [0.5, 0.6) is 0 Å². The van der Waals surface area contributed by atoms with Gasteiger partial charge in [-0.3, -0.25) is 0 Å². The Balaban J connectivity index is 1.54. The fourth-order valence-electron chi connectivity index (χ4n) is 2.58. The van der Waals surface area contributed by atoms with Gasteiger partial charge < -0.3 is 8.98 Å². The minimum Gasteiger partial charge on any atom is -0.467 e. The maximum absolute atomic E-state index is 6.37. The molecule has 0 atom stereocenters. The van der Waals surface area contributed by atoms with Crippen LogP contribution in [0.1, 0.15) is 16.9 Å². The molecule has 1 aromatic carbocycles. The van der Waals surface area contributed by atoms with Crippen molar-refractivity contribution < 1.29 is 4.42 Å². The summed E-state index contributed by atoms with van der Waals surface area (Å²) >= 11 is 7.95. The quantitative estimate of drug-likeness (QED) is 0.375. The highest BCUT2D eigenvalue weighted by atomic mass is 35.5. The van der Waals surface area contributed by atoms with Crippen molar-refractivity contribution in [3.8, 4) is 0 Å². The van der Waals surface area contributed by atoms with Crippen LogP contribution in [-0.4, -0.2) is 19.7 Å². The number of furan rings is 1. The highest BCUT2D eigenvalue weighted by Crippen LogP contribution is 2.28. The third-order valence-electron chi connectivity index (χ3n) is 3.84. The van der Waals surface area contributed by atoms with Gasteiger partial charge in [-0.05, 0) is 36.8 Å². The lowest BCUT2D eigenvalue weighted by atomic mass is 10.1. The van der Waals surface area contributed by atoms with Crippen molar-refractivity contribution in [3.63, 3.8) is 0 Å². The van der Waals surface area contributed by atoms with Gasteiger partial charge in [0.1, 0.15) is 17.2 Å². The lowest BCUT2D eigenvalue weighted by Crippen LogP contribution is -1.99. The molecule has 4 aromatic rings. The van der Waals surface area contributed by atoms with Gasteiger partial charge in [0.25, 0.3) is 0 Å². The Kier molecular flexibility index (Phi) is 4.46. The number of fused-ring (bicyclic) bond motifs is 1. The zero-order chi connectivity index (χ0) is 17.2. The number of halogens is 1. The zero-order valence-electron chi connectivity index (χ0n) is 13.5. The smallest absolute Gasteiger partial charge is 0.191 e. The van der Waals surface area contributed by atoms with E-state index < -0.39 is 0 Å². The molecule has 5 nitrogen and oxygen atoms in total. The molecular formula is C18H15ClN4OS. The van der Waals surface area contributed by atoms with E-state index in [0.717, 1.165) is 27.4 Å². The molecule has 0 unspecified atom stereocenters. The normalized spacial score (nSPS) is 11.3. The largest absolute Gasteiger partial charge is 0.467 e. The Morgan fingerprint density at radius 2 is 2.16 bits per heavy atom. The SMILES string of the molecule is Cc1ccc2cc(CSc3nncn3Cc3ccco3)c(Cl)nc2c1. The molecule has 0 saturated carbocycles. The molecule has 0 saturated heterocycles. The standard InChI is InChI=1S/C18H15ClN4OS/c1-12-4-5-13-8-14(17(19)21-16(13)7-12)10-25-18-22-20-11-23(18)9-15-3-2-6-24-15/h2-8,11H,9-10H2,1H3. The Bertz CT molecular complexity index is 1010. The summed E-state index contributed by atoms with van der Waals surface area (Å²) in [6.45, 7) is 2.65.